The van der Waals surface area contributed by atoms with Crippen molar-refractivity contribution in [3.05, 3.63) is 231 Å². The minimum atomic E-state index is -0.0856. The first-order chi connectivity index (χ1) is 31.8. The highest BCUT2D eigenvalue weighted by Gasteiger charge is 2.45. The van der Waals surface area contributed by atoms with E-state index in [4.69, 9.17) is 8.83 Å². The van der Waals surface area contributed by atoms with Crippen LogP contribution in [-0.4, -0.2) is 6.71 Å². The second-order valence-electron chi connectivity index (χ2n) is 16.4. The monoisotopic (exact) mass is 819 g/mol. The molecule has 2 aromatic heterocycles. The molecule has 0 aliphatic carbocycles. The van der Waals surface area contributed by atoms with Crippen molar-refractivity contribution in [2.75, 3.05) is 14.7 Å². The molecule has 13 rings (SSSR count). The van der Waals surface area contributed by atoms with Crippen LogP contribution in [0, 0.1) is 0 Å². The second-order valence-corrected chi connectivity index (χ2v) is 16.4. The summed E-state index contributed by atoms with van der Waals surface area (Å²) in [5, 5.41) is 2.08. The molecule has 0 unspecified atom stereocenters. The highest BCUT2D eigenvalue weighted by molar-refractivity contribution is 7.00. The third-order valence-corrected chi connectivity index (χ3v) is 12.8. The van der Waals surface area contributed by atoms with E-state index in [1.165, 1.54) is 16.4 Å². The molecule has 0 amide bonds. The fraction of sp³-hybridized carbons (Fsp3) is 0. The summed E-state index contributed by atoms with van der Waals surface area (Å²) in [7, 11) is 0. The van der Waals surface area contributed by atoms with Gasteiger partial charge < -0.3 is 23.5 Å². The largest absolute Gasteiger partial charge is 0.454 e. The Labute approximate surface area is 371 Å². The molecule has 4 heterocycles. The van der Waals surface area contributed by atoms with Gasteiger partial charge in [-0.15, -0.1) is 0 Å². The van der Waals surface area contributed by atoms with Crippen molar-refractivity contribution in [3.8, 4) is 22.6 Å². The van der Waals surface area contributed by atoms with Crippen molar-refractivity contribution in [3.63, 3.8) is 0 Å². The Bertz CT molecular complexity index is 3300. The molecule has 2 aliphatic rings. The van der Waals surface area contributed by atoms with Gasteiger partial charge in [-0.2, -0.15) is 0 Å². The fourth-order valence-electron chi connectivity index (χ4n) is 10.2. The number of nitrogens with zero attached hydrogens (tertiary/aromatic N) is 3. The van der Waals surface area contributed by atoms with Crippen LogP contribution < -0.4 is 31.1 Å². The van der Waals surface area contributed by atoms with Gasteiger partial charge in [0.25, 0.3) is 6.71 Å². The molecule has 5 nitrogen and oxygen atoms in total. The summed E-state index contributed by atoms with van der Waals surface area (Å²) in [5.41, 5.74) is 16.8. The van der Waals surface area contributed by atoms with Crippen LogP contribution in [-0.2, 0) is 0 Å². The molecule has 0 N–H and O–H groups in total. The number of para-hydroxylation sites is 6. The molecule has 0 saturated carbocycles. The molecular weight excluding hydrogens is 781 g/mol. The van der Waals surface area contributed by atoms with Crippen molar-refractivity contribution >= 4 is 96.2 Å². The Kier molecular flexibility index (Phi) is 8.24. The molecule has 11 aromatic rings. The maximum Gasteiger partial charge on any atom is 0.252 e. The molecule has 0 bridgehead atoms. The van der Waals surface area contributed by atoms with Gasteiger partial charge >= 0.3 is 0 Å². The number of hydrogen-bond acceptors (Lipinski definition) is 5. The van der Waals surface area contributed by atoms with Gasteiger partial charge in [0.1, 0.15) is 22.5 Å². The molecule has 2 aliphatic heterocycles. The van der Waals surface area contributed by atoms with E-state index in [-0.39, 0.29) is 6.71 Å². The summed E-state index contributed by atoms with van der Waals surface area (Å²) in [4.78, 5) is 7.34. The Morgan fingerprint density at radius 1 is 0.344 bits per heavy atom. The molecule has 9 aromatic carbocycles. The molecular formula is C58H38BN3O2. The third-order valence-electron chi connectivity index (χ3n) is 12.8. The molecule has 6 heteroatoms. The summed E-state index contributed by atoms with van der Waals surface area (Å²) >= 11 is 0. The van der Waals surface area contributed by atoms with Crippen LogP contribution in [0.1, 0.15) is 0 Å². The predicted octanol–water partition coefficient (Wildman–Crippen LogP) is 14.1. The maximum atomic E-state index is 6.96. The summed E-state index contributed by atoms with van der Waals surface area (Å²) in [6, 6.07) is 81.9. The van der Waals surface area contributed by atoms with E-state index in [1.807, 2.05) is 0 Å². The molecule has 300 valence electrons. The maximum absolute atomic E-state index is 6.96. The van der Waals surface area contributed by atoms with E-state index < -0.39 is 0 Å². The number of rotatable bonds is 7. The summed E-state index contributed by atoms with van der Waals surface area (Å²) < 4.78 is 13.9. The van der Waals surface area contributed by atoms with Crippen LogP contribution in [0.15, 0.2) is 239 Å². The van der Waals surface area contributed by atoms with E-state index in [0.29, 0.717) is 0 Å². The van der Waals surface area contributed by atoms with Crippen LogP contribution in [0.5, 0.6) is 0 Å². The average Bonchev–Trinajstić information content (AvgIpc) is 3.94. The van der Waals surface area contributed by atoms with Crippen LogP contribution in [0.25, 0.3) is 44.6 Å². The van der Waals surface area contributed by atoms with Crippen LogP contribution >= 0.6 is 0 Å². The molecule has 0 radical (unpaired) electrons. The lowest BCUT2D eigenvalue weighted by Crippen LogP contribution is -2.61. The van der Waals surface area contributed by atoms with Crippen molar-refractivity contribution < 1.29 is 8.83 Å². The van der Waals surface area contributed by atoms with Gasteiger partial charge in [-0.05, 0) is 89.2 Å². The lowest BCUT2D eigenvalue weighted by Gasteiger charge is -2.44. The van der Waals surface area contributed by atoms with Crippen molar-refractivity contribution in [1.82, 2.24) is 0 Å². The van der Waals surface area contributed by atoms with Crippen LogP contribution in [0.2, 0.25) is 0 Å². The molecule has 64 heavy (non-hydrogen) atoms. The van der Waals surface area contributed by atoms with Gasteiger partial charge in [0.2, 0.25) is 0 Å². The lowest BCUT2D eigenvalue weighted by molar-refractivity contribution is 0.631. The van der Waals surface area contributed by atoms with Crippen molar-refractivity contribution in [1.29, 1.82) is 0 Å². The SMILES string of the molecule is c1ccc(-c2oc3ccccc3c2N2c3ccccc3B3c4ccccc4N(c4c(-c5ccccc5)oc5ccccc45)c4cc(N(c5ccccc5)c5ccccc5)cc2c43)cc1. The number of hydrogen-bond donors (Lipinski definition) is 0. The predicted molar refractivity (Wildman–Crippen MR) is 266 cm³/mol. The molecule has 0 saturated heterocycles. The Morgan fingerprint density at radius 3 is 1.17 bits per heavy atom. The minimum absolute atomic E-state index is 0.0856. The van der Waals surface area contributed by atoms with E-state index >= 15 is 0 Å². The fourth-order valence-corrected chi connectivity index (χ4v) is 10.2. The first-order valence-corrected chi connectivity index (χ1v) is 21.8. The van der Waals surface area contributed by atoms with Crippen LogP contribution in [0.4, 0.5) is 51.2 Å². The molecule has 0 atom stereocenters. The Hall–Kier alpha value is -8.48. The highest BCUT2D eigenvalue weighted by Crippen LogP contribution is 2.54. The number of furan rings is 2. The average molecular weight is 820 g/mol. The van der Waals surface area contributed by atoms with Crippen molar-refractivity contribution in [2.24, 2.45) is 0 Å². The quantitative estimate of drug-likeness (QED) is 0.150. The van der Waals surface area contributed by atoms with Gasteiger partial charge in [0.05, 0.1) is 5.69 Å². The van der Waals surface area contributed by atoms with Crippen molar-refractivity contribution in [2.45, 2.75) is 0 Å². The van der Waals surface area contributed by atoms with Gasteiger partial charge in [-0.25, -0.2) is 0 Å². The van der Waals surface area contributed by atoms with Gasteiger partial charge in [-0.3, -0.25) is 0 Å². The Morgan fingerprint density at radius 2 is 0.719 bits per heavy atom. The van der Waals surface area contributed by atoms with Gasteiger partial charge in [-0.1, -0.05) is 158 Å². The zero-order valence-electron chi connectivity index (χ0n) is 34.7. The number of benzene rings is 9. The third kappa shape index (κ3) is 5.52. The number of fused-ring (bicyclic) bond motifs is 6. The standard InChI is InChI=1S/C58H38BN3O2/c1-5-21-39(22-6-1)57-55(44-29-13-19-35-52(44)63-57)61-48-33-17-15-31-46(48)59-47-32-16-18-34-49(47)62(56-45-30-14-20-36-53(45)64-58(56)40-23-7-2-8-24-40)51-38-43(37-50(61)54(51)59)60(41-25-9-3-10-26-41)42-27-11-4-12-28-42/h1-38H. The zero-order valence-corrected chi connectivity index (χ0v) is 34.7. The second kappa shape index (κ2) is 14.6. The Balaban J connectivity index is 1.20. The van der Waals surface area contributed by atoms with E-state index in [0.717, 1.165) is 95.8 Å². The van der Waals surface area contributed by atoms with E-state index in [9.17, 15) is 0 Å². The van der Waals surface area contributed by atoms with E-state index in [1.54, 1.807) is 0 Å². The minimum Gasteiger partial charge on any atom is -0.454 e. The normalized spacial score (nSPS) is 12.6. The summed E-state index contributed by atoms with van der Waals surface area (Å²) in [6.07, 6.45) is 0. The summed E-state index contributed by atoms with van der Waals surface area (Å²) in [6.45, 7) is -0.0856. The smallest absolute Gasteiger partial charge is 0.252 e. The molecule has 0 fully saturated rings. The lowest BCUT2D eigenvalue weighted by atomic mass is 9.33. The highest BCUT2D eigenvalue weighted by atomic mass is 16.3. The molecule has 0 spiro atoms. The van der Waals surface area contributed by atoms with Gasteiger partial charge in [0.15, 0.2) is 11.5 Å². The topological polar surface area (TPSA) is 36.0 Å². The zero-order chi connectivity index (χ0) is 42.1. The van der Waals surface area contributed by atoms with Gasteiger partial charge in [0, 0.05) is 56.0 Å². The first kappa shape index (κ1) is 36.2. The first-order valence-electron chi connectivity index (χ1n) is 21.8. The summed E-state index contributed by atoms with van der Waals surface area (Å²) in [5.74, 6) is 1.63. The van der Waals surface area contributed by atoms with E-state index in [2.05, 4.69) is 245 Å². The van der Waals surface area contributed by atoms with Crippen LogP contribution in [0.3, 0.4) is 0 Å². The number of anilines is 9.